The summed E-state index contributed by atoms with van der Waals surface area (Å²) in [7, 11) is 2.00. The maximum atomic E-state index is 9.45. The minimum absolute atomic E-state index is 0.0169. The predicted octanol–water partition coefficient (Wildman–Crippen LogP) is 3.14. The SMILES string of the molecule is Cc1ccc(N(C)c2ccc(C3N=C(NC#N)Nc4nc(N)c(C#N)c(N)c43)cc2)cc1. The van der Waals surface area contributed by atoms with E-state index < -0.39 is 6.04 Å². The molecular weight excluding hydrogens is 402 g/mol. The first-order chi connectivity index (χ1) is 15.4. The molecule has 2 aromatic carbocycles. The first kappa shape index (κ1) is 20.5. The highest BCUT2D eigenvalue weighted by Gasteiger charge is 2.29. The topological polar surface area (TPSA) is 152 Å². The fraction of sp³-hybridized carbons (Fsp3) is 0.130. The quantitative estimate of drug-likeness (QED) is 0.370. The zero-order valence-corrected chi connectivity index (χ0v) is 17.6. The Bertz CT molecular complexity index is 1280. The molecule has 0 radical (unpaired) electrons. The summed E-state index contributed by atoms with van der Waals surface area (Å²) in [5, 5.41) is 23.9. The molecule has 0 bridgehead atoms. The number of pyridine rings is 1. The van der Waals surface area contributed by atoms with Crippen LogP contribution in [0.2, 0.25) is 0 Å². The summed E-state index contributed by atoms with van der Waals surface area (Å²) in [6.07, 6.45) is 1.85. The first-order valence-corrected chi connectivity index (χ1v) is 9.82. The molecule has 1 atom stereocenters. The Labute approximate surface area is 185 Å². The molecule has 32 heavy (non-hydrogen) atoms. The third kappa shape index (κ3) is 3.59. The van der Waals surface area contributed by atoms with Crippen molar-refractivity contribution in [3.8, 4) is 12.3 Å². The molecule has 0 saturated carbocycles. The van der Waals surface area contributed by atoms with Gasteiger partial charge in [-0.1, -0.05) is 29.8 Å². The Morgan fingerprint density at radius 3 is 2.25 bits per heavy atom. The van der Waals surface area contributed by atoms with Crippen molar-refractivity contribution in [3.05, 3.63) is 70.8 Å². The lowest BCUT2D eigenvalue weighted by Gasteiger charge is -2.26. The normalized spacial score (nSPS) is 14.2. The molecule has 1 unspecified atom stereocenters. The van der Waals surface area contributed by atoms with Crippen LogP contribution in [-0.2, 0) is 0 Å². The highest BCUT2D eigenvalue weighted by Crippen LogP contribution is 2.40. The molecule has 0 amide bonds. The van der Waals surface area contributed by atoms with E-state index in [9.17, 15) is 5.26 Å². The number of nitrogens with two attached hydrogens (primary N) is 2. The number of benzene rings is 2. The van der Waals surface area contributed by atoms with E-state index in [0.29, 0.717) is 11.4 Å². The van der Waals surface area contributed by atoms with Gasteiger partial charge in [0, 0.05) is 24.0 Å². The van der Waals surface area contributed by atoms with Gasteiger partial charge >= 0.3 is 0 Å². The maximum absolute atomic E-state index is 9.45. The summed E-state index contributed by atoms with van der Waals surface area (Å²) in [5.74, 6) is 0.600. The van der Waals surface area contributed by atoms with Crippen molar-refractivity contribution in [1.82, 2.24) is 10.3 Å². The monoisotopic (exact) mass is 423 g/mol. The number of rotatable bonds is 3. The fourth-order valence-electron chi connectivity index (χ4n) is 3.62. The first-order valence-electron chi connectivity index (χ1n) is 9.82. The van der Waals surface area contributed by atoms with Crippen molar-refractivity contribution < 1.29 is 0 Å². The van der Waals surface area contributed by atoms with Gasteiger partial charge in [0.2, 0.25) is 5.96 Å². The number of nitrogen functional groups attached to an aromatic ring is 2. The zero-order chi connectivity index (χ0) is 22.8. The summed E-state index contributed by atoms with van der Waals surface area (Å²) in [4.78, 5) is 10.9. The van der Waals surface area contributed by atoms with E-state index in [1.807, 2.05) is 43.6 Å². The van der Waals surface area contributed by atoms with Gasteiger partial charge in [-0.05, 0) is 36.8 Å². The van der Waals surface area contributed by atoms with Crippen molar-refractivity contribution in [2.24, 2.45) is 4.99 Å². The molecule has 0 spiro atoms. The van der Waals surface area contributed by atoms with Crippen molar-refractivity contribution in [1.29, 1.82) is 10.5 Å². The number of anilines is 5. The van der Waals surface area contributed by atoms with E-state index in [2.05, 4.69) is 56.7 Å². The zero-order valence-electron chi connectivity index (χ0n) is 17.6. The fourth-order valence-corrected chi connectivity index (χ4v) is 3.62. The number of nitriles is 2. The van der Waals surface area contributed by atoms with Gasteiger partial charge < -0.3 is 21.7 Å². The van der Waals surface area contributed by atoms with Crippen LogP contribution >= 0.6 is 0 Å². The molecule has 9 nitrogen and oxygen atoms in total. The second kappa shape index (κ2) is 8.17. The van der Waals surface area contributed by atoms with Crippen LogP contribution in [0, 0.1) is 29.7 Å². The molecule has 158 valence electrons. The van der Waals surface area contributed by atoms with Crippen LogP contribution in [0.15, 0.2) is 53.5 Å². The maximum Gasteiger partial charge on any atom is 0.211 e. The molecule has 4 rings (SSSR count). The number of nitrogens with one attached hydrogen (secondary N) is 2. The number of aromatic nitrogens is 1. The lowest BCUT2D eigenvalue weighted by atomic mass is 9.95. The molecule has 0 fully saturated rings. The van der Waals surface area contributed by atoms with Crippen LogP contribution in [0.1, 0.15) is 28.3 Å². The van der Waals surface area contributed by atoms with Gasteiger partial charge in [0.15, 0.2) is 6.19 Å². The minimum atomic E-state index is -0.568. The van der Waals surface area contributed by atoms with Gasteiger partial charge in [-0.15, -0.1) is 0 Å². The van der Waals surface area contributed by atoms with Crippen LogP contribution in [-0.4, -0.2) is 18.0 Å². The van der Waals surface area contributed by atoms with E-state index in [1.54, 1.807) is 0 Å². The summed E-state index contributed by atoms with van der Waals surface area (Å²) < 4.78 is 0. The van der Waals surface area contributed by atoms with Gasteiger partial charge in [-0.2, -0.15) is 10.5 Å². The van der Waals surface area contributed by atoms with E-state index in [4.69, 9.17) is 16.7 Å². The van der Waals surface area contributed by atoms with Crippen LogP contribution in [0.4, 0.5) is 28.7 Å². The van der Waals surface area contributed by atoms with Crippen molar-refractivity contribution in [3.63, 3.8) is 0 Å². The Morgan fingerprint density at radius 1 is 1.03 bits per heavy atom. The Morgan fingerprint density at radius 2 is 1.66 bits per heavy atom. The largest absolute Gasteiger partial charge is 0.397 e. The van der Waals surface area contributed by atoms with Crippen LogP contribution in [0.5, 0.6) is 0 Å². The Balaban J connectivity index is 1.75. The second-order valence-electron chi connectivity index (χ2n) is 7.39. The van der Waals surface area contributed by atoms with Crippen molar-refractivity contribution in [2.45, 2.75) is 13.0 Å². The number of guanidine groups is 1. The molecule has 1 aromatic heterocycles. The molecular formula is C23H21N9. The summed E-state index contributed by atoms with van der Waals surface area (Å²) >= 11 is 0. The molecule has 1 aliphatic rings. The number of aliphatic imine (C=N–C) groups is 1. The summed E-state index contributed by atoms with van der Waals surface area (Å²) in [5.41, 5.74) is 17.1. The van der Waals surface area contributed by atoms with Gasteiger partial charge in [-0.3, -0.25) is 5.32 Å². The number of aryl methyl sites for hydroxylation is 1. The molecule has 3 aromatic rings. The van der Waals surface area contributed by atoms with E-state index >= 15 is 0 Å². The van der Waals surface area contributed by atoms with Crippen LogP contribution in [0.25, 0.3) is 0 Å². The second-order valence-corrected chi connectivity index (χ2v) is 7.39. The molecule has 2 heterocycles. The number of nitrogens with zero attached hydrogens (tertiary/aromatic N) is 5. The Kier molecular flexibility index (Phi) is 5.24. The Hall–Kier alpha value is -4.76. The molecule has 0 saturated heterocycles. The highest BCUT2D eigenvalue weighted by molar-refractivity contribution is 5.98. The third-order valence-corrected chi connectivity index (χ3v) is 5.37. The van der Waals surface area contributed by atoms with E-state index in [-0.39, 0.29) is 23.0 Å². The minimum Gasteiger partial charge on any atom is -0.397 e. The molecule has 9 heteroatoms. The lowest BCUT2D eigenvalue weighted by molar-refractivity contribution is 0.846. The van der Waals surface area contributed by atoms with Gasteiger partial charge in [-0.25, -0.2) is 9.98 Å². The van der Waals surface area contributed by atoms with Crippen LogP contribution < -0.4 is 27.0 Å². The molecule has 0 aliphatic carbocycles. The standard InChI is InChI=1S/C23H21N9/c1-13-3-7-15(8-4-13)32(2)16-9-5-14(6-10-16)20-18-19(26)17(11-24)21(27)30-22(18)31-23(29-20)28-12-25/h3-10,20H,1-2H3,(H6,26,27,28,29,30,31). The number of hydrogen-bond donors (Lipinski definition) is 4. The highest BCUT2D eigenvalue weighted by atomic mass is 15.2. The van der Waals surface area contributed by atoms with Crippen molar-refractivity contribution >= 4 is 34.7 Å². The van der Waals surface area contributed by atoms with E-state index in [0.717, 1.165) is 16.9 Å². The summed E-state index contributed by atoms with van der Waals surface area (Å²) in [6.45, 7) is 2.05. The third-order valence-electron chi connectivity index (χ3n) is 5.37. The van der Waals surface area contributed by atoms with Crippen molar-refractivity contribution in [2.75, 3.05) is 28.7 Å². The number of fused-ring (bicyclic) bond motifs is 1. The average Bonchev–Trinajstić information content (AvgIpc) is 2.79. The average molecular weight is 423 g/mol. The number of hydrogen-bond acceptors (Lipinski definition) is 9. The van der Waals surface area contributed by atoms with Gasteiger partial charge in [0.25, 0.3) is 0 Å². The van der Waals surface area contributed by atoms with Gasteiger partial charge in [0.1, 0.15) is 29.3 Å². The smallest absolute Gasteiger partial charge is 0.211 e. The van der Waals surface area contributed by atoms with E-state index in [1.165, 1.54) is 5.56 Å². The van der Waals surface area contributed by atoms with Crippen LogP contribution in [0.3, 0.4) is 0 Å². The molecule has 6 N–H and O–H groups in total. The summed E-state index contributed by atoms with van der Waals surface area (Å²) in [6, 6.07) is 17.5. The predicted molar refractivity (Wildman–Crippen MR) is 125 cm³/mol. The lowest BCUT2D eigenvalue weighted by Crippen LogP contribution is -2.32. The molecule has 1 aliphatic heterocycles. The van der Waals surface area contributed by atoms with Gasteiger partial charge in [0.05, 0.1) is 5.69 Å².